The molecular formula is C15H17N5OS. The third kappa shape index (κ3) is 2.37. The minimum Gasteiger partial charge on any atom is -0.362 e. The molecule has 3 aromatic rings. The fourth-order valence-corrected chi connectivity index (χ4v) is 3.20. The molecule has 114 valence electrons. The van der Waals surface area contributed by atoms with Crippen molar-refractivity contribution < 1.29 is 0 Å². The Morgan fingerprint density at radius 2 is 2.05 bits per heavy atom. The van der Waals surface area contributed by atoms with Gasteiger partial charge in [-0.05, 0) is 5.92 Å². The number of hydrogen-bond donors (Lipinski definition) is 0. The van der Waals surface area contributed by atoms with E-state index in [0.717, 1.165) is 16.0 Å². The summed E-state index contributed by atoms with van der Waals surface area (Å²) in [5.74, 6) is 1.15. The highest BCUT2D eigenvalue weighted by Gasteiger charge is 2.16. The average Bonchev–Trinajstić information content (AvgIpc) is 2.85. The standard InChI is InChI=1S/C15H17N5OS/c1-9(2)5-6-20-8-18-11-10-13(19(3)4)16-7-17-14(10)22-12(11)15(20)21/h5-9H,1-4H3/b6-5+. The molecule has 3 heterocycles. The van der Waals surface area contributed by atoms with Crippen molar-refractivity contribution in [2.24, 2.45) is 5.92 Å². The number of allylic oxidation sites excluding steroid dienone is 1. The zero-order valence-corrected chi connectivity index (χ0v) is 13.8. The molecule has 0 aliphatic carbocycles. The number of nitrogens with zero attached hydrogens (tertiary/aromatic N) is 5. The van der Waals surface area contributed by atoms with Gasteiger partial charge < -0.3 is 4.90 Å². The zero-order chi connectivity index (χ0) is 15.9. The van der Waals surface area contributed by atoms with Crippen molar-refractivity contribution in [3.8, 4) is 0 Å². The Labute approximate surface area is 131 Å². The summed E-state index contributed by atoms with van der Waals surface area (Å²) in [6.07, 6.45) is 6.81. The van der Waals surface area contributed by atoms with Crippen molar-refractivity contribution in [3.05, 3.63) is 29.1 Å². The highest BCUT2D eigenvalue weighted by atomic mass is 32.1. The molecular weight excluding hydrogens is 298 g/mol. The van der Waals surface area contributed by atoms with Crippen LogP contribution in [0.4, 0.5) is 5.82 Å². The van der Waals surface area contributed by atoms with Crippen LogP contribution < -0.4 is 10.5 Å². The van der Waals surface area contributed by atoms with E-state index in [4.69, 9.17) is 0 Å². The van der Waals surface area contributed by atoms with E-state index in [-0.39, 0.29) is 5.56 Å². The van der Waals surface area contributed by atoms with Crippen LogP contribution in [0, 0.1) is 5.92 Å². The van der Waals surface area contributed by atoms with Crippen molar-refractivity contribution in [1.82, 2.24) is 19.5 Å². The number of fused-ring (bicyclic) bond motifs is 3. The summed E-state index contributed by atoms with van der Waals surface area (Å²) in [6, 6.07) is 0. The summed E-state index contributed by atoms with van der Waals surface area (Å²) in [7, 11) is 3.83. The Hall–Kier alpha value is -2.28. The molecule has 0 spiro atoms. The summed E-state index contributed by atoms with van der Waals surface area (Å²) >= 11 is 1.36. The van der Waals surface area contributed by atoms with E-state index in [1.54, 1.807) is 12.5 Å². The highest BCUT2D eigenvalue weighted by molar-refractivity contribution is 7.25. The van der Waals surface area contributed by atoms with Gasteiger partial charge in [-0.3, -0.25) is 9.36 Å². The van der Waals surface area contributed by atoms with Crippen LogP contribution in [-0.2, 0) is 0 Å². The molecule has 0 bridgehead atoms. The van der Waals surface area contributed by atoms with Gasteiger partial charge in [0.2, 0.25) is 0 Å². The number of hydrogen-bond acceptors (Lipinski definition) is 6. The third-order valence-electron chi connectivity index (χ3n) is 3.24. The molecule has 0 aromatic carbocycles. The lowest BCUT2D eigenvalue weighted by atomic mass is 10.2. The lowest BCUT2D eigenvalue weighted by Gasteiger charge is -2.11. The van der Waals surface area contributed by atoms with E-state index in [2.05, 4.69) is 28.8 Å². The molecule has 0 aliphatic rings. The van der Waals surface area contributed by atoms with Crippen LogP contribution in [0.25, 0.3) is 26.6 Å². The fraction of sp³-hybridized carbons (Fsp3) is 0.333. The van der Waals surface area contributed by atoms with Crippen molar-refractivity contribution in [2.75, 3.05) is 19.0 Å². The van der Waals surface area contributed by atoms with Gasteiger partial charge in [0.15, 0.2) is 0 Å². The largest absolute Gasteiger partial charge is 0.362 e. The van der Waals surface area contributed by atoms with Crippen molar-refractivity contribution in [1.29, 1.82) is 0 Å². The molecule has 0 fully saturated rings. The van der Waals surface area contributed by atoms with Crippen molar-refractivity contribution >= 4 is 43.8 Å². The highest BCUT2D eigenvalue weighted by Crippen LogP contribution is 2.33. The molecule has 0 radical (unpaired) electrons. The van der Waals surface area contributed by atoms with Crippen LogP contribution >= 0.6 is 11.3 Å². The Balaban J connectivity index is 2.31. The van der Waals surface area contributed by atoms with Gasteiger partial charge >= 0.3 is 0 Å². The quantitative estimate of drug-likeness (QED) is 0.743. The fourth-order valence-electron chi connectivity index (χ4n) is 2.17. The third-order valence-corrected chi connectivity index (χ3v) is 4.31. The molecule has 0 unspecified atom stereocenters. The number of anilines is 1. The Morgan fingerprint density at radius 1 is 1.27 bits per heavy atom. The van der Waals surface area contributed by atoms with E-state index < -0.39 is 0 Å². The minimum atomic E-state index is -0.0744. The lowest BCUT2D eigenvalue weighted by Crippen LogP contribution is -2.15. The molecule has 0 amide bonds. The molecule has 3 rings (SSSR count). The summed E-state index contributed by atoms with van der Waals surface area (Å²) in [4.78, 5) is 28.3. The second-order valence-corrected chi connectivity index (χ2v) is 6.59. The van der Waals surface area contributed by atoms with Crippen LogP contribution in [0.5, 0.6) is 0 Å². The lowest BCUT2D eigenvalue weighted by molar-refractivity contribution is 0.829. The SMILES string of the molecule is CC(C)/C=C/n1cnc2c(sc3ncnc(N(C)C)c32)c1=O. The Bertz CT molecular complexity index is 923. The maximum absolute atomic E-state index is 12.6. The van der Waals surface area contributed by atoms with Gasteiger partial charge in [0.1, 0.15) is 33.5 Å². The average molecular weight is 315 g/mol. The van der Waals surface area contributed by atoms with Crippen molar-refractivity contribution in [2.45, 2.75) is 13.8 Å². The van der Waals surface area contributed by atoms with Crippen LogP contribution in [0.1, 0.15) is 13.8 Å². The van der Waals surface area contributed by atoms with Gasteiger partial charge in [0, 0.05) is 20.3 Å². The molecule has 0 saturated carbocycles. The van der Waals surface area contributed by atoms with Crippen LogP contribution in [0.2, 0.25) is 0 Å². The molecule has 6 nitrogen and oxygen atoms in total. The molecule has 7 heteroatoms. The normalized spacial score (nSPS) is 12.0. The summed E-state index contributed by atoms with van der Waals surface area (Å²) in [5, 5.41) is 0.838. The first-order valence-corrected chi connectivity index (χ1v) is 7.80. The summed E-state index contributed by atoms with van der Waals surface area (Å²) in [6.45, 7) is 4.12. The smallest absolute Gasteiger partial charge is 0.275 e. The maximum atomic E-state index is 12.6. The molecule has 0 aliphatic heterocycles. The second kappa shape index (κ2) is 5.49. The summed E-state index contributed by atoms with van der Waals surface area (Å²) < 4.78 is 2.12. The van der Waals surface area contributed by atoms with Gasteiger partial charge in [-0.25, -0.2) is 15.0 Å². The zero-order valence-electron chi connectivity index (χ0n) is 12.9. The Morgan fingerprint density at radius 3 is 2.73 bits per heavy atom. The Kier molecular flexibility index (Phi) is 3.66. The van der Waals surface area contributed by atoms with Gasteiger partial charge in [-0.2, -0.15) is 0 Å². The van der Waals surface area contributed by atoms with E-state index in [1.807, 2.05) is 25.1 Å². The van der Waals surface area contributed by atoms with Crippen LogP contribution in [0.15, 0.2) is 23.5 Å². The molecule has 3 aromatic heterocycles. The molecule has 0 saturated heterocycles. The van der Waals surface area contributed by atoms with Crippen LogP contribution in [-0.4, -0.2) is 33.6 Å². The van der Waals surface area contributed by atoms with E-state index in [0.29, 0.717) is 16.1 Å². The monoisotopic (exact) mass is 315 g/mol. The first kappa shape index (κ1) is 14.6. The van der Waals surface area contributed by atoms with E-state index in [9.17, 15) is 4.79 Å². The first-order valence-electron chi connectivity index (χ1n) is 6.99. The maximum Gasteiger partial charge on any atom is 0.275 e. The van der Waals surface area contributed by atoms with Gasteiger partial charge in [0.05, 0.1) is 5.39 Å². The van der Waals surface area contributed by atoms with E-state index in [1.165, 1.54) is 22.2 Å². The van der Waals surface area contributed by atoms with Crippen molar-refractivity contribution in [3.63, 3.8) is 0 Å². The topological polar surface area (TPSA) is 63.9 Å². The van der Waals surface area contributed by atoms with E-state index >= 15 is 0 Å². The number of rotatable bonds is 3. The molecule has 0 atom stereocenters. The molecule has 0 N–H and O–H groups in total. The van der Waals surface area contributed by atoms with Gasteiger partial charge in [-0.15, -0.1) is 11.3 Å². The predicted octanol–water partition coefficient (Wildman–Crippen LogP) is 2.59. The first-order chi connectivity index (χ1) is 10.5. The number of aromatic nitrogens is 4. The number of thiophene rings is 1. The second-order valence-electron chi connectivity index (χ2n) is 5.59. The van der Waals surface area contributed by atoms with Gasteiger partial charge in [0.25, 0.3) is 5.56 Å². The minimum absolute atomic E-state index is 0.0744. The predicted molar refractivity (Wildman–Crippen MR) is 91.5 cm³/mol. The van der Waals surface area contributed by atoms with Gasteiger partial charge in [-0.1, -0.05) is 19.9 Å². The summed E-state index contributed by atoms with van der Waals surface area (Å²) in [5.41, 5.74) is 0.595. The molecule has 22 heavy (non-hydrogen) atoms. The van der Waals surface area contributed by atoms with Crippen LogP contribution in [0.3, 0.4) is 0 Å².